The minimum Gasteiger partial charge on any atom is -0.0622 e. The first-order valence-corrected chi connectivity index (χ1v) is 17.1. The van der Waals surface area contributed by atoms with E-state index in [1.165, 1.54) is 38.5 Å². The van der Waals surface area contributed by atoms with Crippen molar-refractivity contribution in [2.75, 3.05) is 0 Å². The van der Waals surface area contributed by atoms with Gasteiger partial charge in [0.15, 0.2) is 0 Å². The second-order valence-corrected chi connectivity index (χ2v) is 18.8. The van der Waals surface area contributed by atoms with Crippen molar-refractivity contribution in [2.45, 2.75) is 153 Å². The summed E-state index contributed by atoms with van der Waals surface area (Å²) in [5.74, 6) is 9.99. The van der Waals surface area contributed by atoms with Crippen molar-refractivity contribution in [1.82, 2.24) is 0 Å². The summed E-state index contributed by atoms with van der Waals surface area (Å²) in [6.07, 6.45) is 20.1. The van der Waals surface area contributed by atoms with E-state index in [1.807, 2.05) is 0 Å². The van der Waals surface area contributed by atoms with Crippen LogP contribution in [0.5, 0.6) is 0 Å². The van der Waals surface area contributed by atoms with Gasteiger partial charge in [-0.2, -0.15) is 0 Å². The maximum atomic E-state index is 2.70. The van der Waals surface area contributed by atoms with Gasteiger partial charge in [-0.05, 0) is 145 Å². The van der Waals surface area contributed by atoms with Gasteiger partial charge in [0, 0.05) is 0 Å². The topological polar surface area (TPSA) is 0 Å². The molecule has 5 aliphatic rings. The molecule has 214 valence electrons. The Morgan fingerprint density at radius 1 is 0.486 bits per heavy atom. The third kappa shape index (κ3) is 5.14. The van der Waals surface area contributed by atoms with Gasteiger partial charge >= 0.3 is 0 Å². The summed E-state index contributed by atoms with van der Waals surface area (Å²) in [4.78, 5) is 0. The van der Waals surface area contributed by atoms with E-state index in [1.54, 1.807) is 44.9 Å². The monoisotopic (exact) mass is 511 g/mol. The highest BCUT2D eigenvalue weighted by Crippen LogP contribution is 2.70. The largest absolute Gasteiger partial charge is 0.0622 e. The van der Waals surface area contributed by atoms with Crippen molar-refractivity contribution in [3.63, 3.8) is 0 Å². The minimum absolute atomic E-state index is 0.481. The number of hydrogen-bond acceptors (Lipinski definition) is 0. The van der Waals surface area contributed by atoms with E-state index < -0.39 is 0 Å². The van der Waals surface area contributed by atoms with Gasteiger partial charge in [-0.1, -0.05) is 88.5 Å². The lowest BCUT2D eigenvalue weighted by Crippen LogP contribution is -2.47. The second-order valence-electron chi connectivity index (χ2n) is 18.8. The van der Waals surface area contributed by atoms with Crippen LogP contribution in [0.3, 0.4) is 0 Å². The number of rotatable bonds is 2. The molecule has 9 unspecified atom stereocenters. The zero-order valence-corrected chi connectivity index (χ0v) is 27.0. The standard InChI is InChI=1S/C37H66/c1-24-20-27(36(8,9)10)23-32(24)37(18-12-11-13-19-37)33-28-16-14-25(34(2,3)4)21-30(28)31-22-26(35(5,6)7)15-17-29(31)33/h24-33H,11-23H2,1-10H3. The molecule has 0 aromatic carbocycles. The Bertz CT molecular complexity index is 738. The Hall–Kier alpha value is 0. The summed E-state index contributed by atoms with van der Waals surface area (Å²) in [6, 6.07) is 0. The summed E-state index contributed by atoms with van der Waals surface area (Å²) in [7, 11) is 0. The van der Waals surface area contributed by atoms with Gasteiger partial charge in [0.05, 0.1) is 0 Å². The zero-order chi connectivity index (χ0) is 27.0. The number of hydrogen-bond donors (Lipinski definition) is 0. The molecule has 0 heterocycles. The van der Waals surface area contributed by atoms with Gasteiger partial charge in [-0.25, -0.2) is 0 Å². The van der Waals surface area contributed by atoms with Gasteiger partial charge in [0.2, 0.25) is 0 Å². The quantitative estimate of drug-likeness (QED) is 0.346. The first-order valence-electron chi connectivity index (χ1n) is 17.1. The molecule has 0 amide bonds. The molecule has 5 saturated carbocycles. The highest BCUT2D eigenvalue weighted by molar-refractivity contribution is 5.12. The van der Waals surface area contributed by atoms with Crippen LogP contribution < -0.4 is 0 Å². The van der Waals surface area contributed by atoms with E-state index in [2.05, 4.69) is 69.2 Å². The Morgan fingerprint density at radius 2 is 0.946 bits per heavy atom. The molecule has 0 aromatic rings. The first kappa shape index (κ1) is 28.5. The molecule has 0 radical (unpaired) electrons. The number of fused-ring (bicyclic) bond motifs is 3. The second kappa shape index (κ2) is 9.82. The van der Waals surface area contributed by atoms with Crippen molar-refractivity contribution in [3.8, 4) is 0 Å². The highest BCUT2D eigenvalue weighted by Gasteiger charge is 2.63. The van der Waals surface area contributed by atoms with E-state index in [9.17, 15) is 0 Å². The molecule has 0 aromatic heterocycles. The summed E-state index contributed by atoms with van der Waals surface area (Å²) in [5.41, 5.74) is 2.12. The lowest BCUT2D eigenvalue weighted by atomic mass is 9.50. The molecule has 0 aliphatic heterocycles. The average molecular weight is 511 g/mol. The summed E-state index contributed by atoms with van der Waals surface area (Å²) >= 11 is 0. The molecule has 0 bridgehead atoms. The van der Waals surface area contributed by atoms with Gasteiger partial charge in [0.25, 0.3) is 0 Å². The zero-order valence-electron chi connectivity index (χ0n) is 27.0. The van der Waals surface area contributed by atoms with Crippen LogP contribution in [0.2, 0.25) is 0 Å². The first-order chi connectivity index (χ1) is 17.1. The van der Waals surface area contributed by atoms with E-state index >= 15 is 0 Å². The van der Waals surface area contributed by atoms with E-state index in [-0.39, 0.29) is 0 Å². The van der Waals surface area contributed by atoms with Gasteiger partial charge < -0.3 is 0 Å². The predicted octanol–water partition coefficient (Wildman–Crippen LogP) is 11.4. The molecular weight excluding hydrogens is 444 g/mol. The molecule has 0 N–H and O–H groups in total. The fourth-order valence-corrected chi connectivity index (χ4v) is 12.0. The summed E-state index contributed by atoms with van der Waals surface area (Å²) in [6.45, 7) is 25.6. The van der Waals surface area contributed by atoms with Crippen molar-refractivity contribution >= 4 is 0 Å². The fraction of sp³-hybridized carbons (Fsp3) is 1.00. The van der Waals surface area contributed by atoms with Crippen LogP contribution >= 0.6 is 0 Å². The molecule has 0 spiro atoms. The lowest BCUT2D eigenvalue weighted by molar-refractivity contribution is -0.0542. The Balaban J connectivity index is 1.52. The fourth-order valence-electron chi connectivity index (χ4n) is 12.0. The van der Waals surface area contributed by atoms with E-state index in [0.717, 1.165) is 59.2 Å². The summed E-state index contributed by atoms with van der Waals surface area (Å²) in [5, 5.41) is 0. The maximum absolute atomic E-state index is 2.70. The van der Waals surface area contributed by atoms with Crippen molar-refractivity contribution in [1.29, 1.82) is 0 Å². The molecular formula is C37H66. The molecule has 0 saturated heterocycles. The van der Waals surface area contributed by atoms with E-state index in [4.69, 9.17) is 0 Å². The van der Waals surface area contributed by atoms with Crippen LogP contribution in [0, 0.1) is 80.8 Å². The summed E-state index contributed by atoms with van der Waals surface area (Å²) < 4.78 is 0. The Kier molecular flexibility index (Phi) is 7.57. The normalized spacial score (nSPS) is 44.9. The lowest BCUT2D eigenvalue weighted by Gasteiger charge is -2.54. The van der Waals surface area contributed by atoms with Crippen molar-refractivity contribution < 1.29 is 0 Å². The van der Waals surface area contributed by atoms with Crippen LogP contribution in [0.1, 0.15) is 153 Å². The average Bonchev–Trinajstić information content (AvgIpc) is 3.36. The maximum Gasteiger partial charge on any atom is -0.0233 e. The third-order valence-corrected chi connectivity index (χ3v) is 14.1. The molecule has 9 atom stereocenters. The van der Waals surface area contributed by atoms with Crippen LogP contribution in [-0.4, -0.2) is 0 Å². The predicted molar refractivity (Wildman–Crippen MR) is 161 cm³/mol. The smallest absolute Gasteiger partial charge is 0.0233 e. The van der Waals surface area contributed by atoms with Gasteiger partial charge in [0.1, 0.15) is 0 Å². The molecule has 0 nitrogen and oxygen atoms in total. The van der Waals surface area contributed by atoms with Gasteiger partial charge in [-0.15, -0.1) is 0 Å². The van der Waals surface area contributed by atoms with Crippen LogP contribution in [0.4, 0.5) is 0 Å². The molecule has 37 heavy (non-hydrogen) atoms. The minimum atomic E-state index is 0.481. The molecule has 5 fully saturated rings. The highest BCUT2D eigenvalue weighted by atomic mass is 14.7. The molecule has 0 heteroatoms. The Morgan fingerprint density at radius 3 is 1.35 bits per heavy atom. The molecule has 5 aliphatic carbocycles. The van der Waals surface area contributed by atoms with Crippen molar-refractivity contribution in [3.05, 3.63) is 0 Å². The van der Waals surface area contributed by atoms with Crippen LogP contribution in [0.25, 0.3) is 0 Å². The van der Waals surface area contributed by atoms with Gasteiger partial charge in [-0.3, -0.25) is 0 Å². The molecule has 5 rings (SSSR count). The third-order valence-electron chi connectivity index (χ3n) is 14.1. The van der Waals surface area contributed by atoms with Crippen LogP contribution in [-0.2, 0) is 0 Å². The van der Waals surface area contributed by atoms with Crippen molar-refractivity contribution in [2.24, 2.45) is 80.8 Å². The SMILES string of the molecule is CC1CC(C(C)(C)C)CC1C1(C2C3CCC(C(C)(C)C)CC3C3CC(C(C)(C)C)CCC32)CCCCC1. The van der Waals surface area contributed by atoms with Crippen LogP contribution in [0.15, 0.2) is 0 Å². The Labute approximate surface area is 233 Å². The van der Waals surface area contributed by atoms with E-state index in [0.29, 0.717) is 21.7 Å².